The molecule has 0 radical (unpaired) electrons. The van der Waals surface area contributed by atoms with Crippen molar-refractivity contribution in [2.45, 2.75) is 5.92 Å². The third-order valence-electron chi connectivity index (χ3n) is 3.66. The van der Waals surface area contributed by atoms with Gasteiger partial charge in [-0.05, 0) is 28.9 Å². The summed E-state index contributed by atoms with van der Waals surface area (Å²) in [5.74, 6) is 0.447. The highest BCUT2D eigenvalue weighted by Gasteiger charge is 2.20. The normalized spacial score (nSPS) is 19.8. The summed E-state index contributed by atoms with van der Waals surface area (Å²) in [6, 6.07) is 8.61. The van der Waals surface area contributed by atoms with E-state index in [1.165, 1.54) is 16.7 Å². The number of fused-ring (bicyclic) bond motifs is 3. The maximum absolute atomic E-state index is 2.92. The number of nitrogens with one attached hydrogen (secondary N) is 1. The van der Waals surface area contributed by atoms with Crippen molar-refractivity contribution in [3.63, 3.8) is 0 Å². The zero-order valence-electron chi connectivity index (χ0n) is 12.4. The average Bonchev–Trinajstić information content (AvgIpc) is 2.72. The first-order chi connectivity index (χ1) is 10.9. The number of allylic oxidation sites excluding steroid dienone is 11. The Labute approximate surface area is 132 Å². The molecular formula is C21H19N. The molecule has 0 spiro atoms. The van der Waals surface area contributed by atoms with E-state index in [4.69, 9.17) is 0 Å². The van der Waals surface area contributed by atoms with Gasteiger partial charge in [-0.15, -0.1) is 0 Å². The Kier molecular flexibility index (Phi) is 4.68. The maximum Gasteiger partial charge on any atom is 0.0278 e. The standard InChI is InChI=1S/C15H12.C6H7N/c1-2-4-9-14-12(7-3-1)11-13-8-5-6-10-15(13)14;1-2-4-6-7-5-3-1/h1-11,14H;1-7H. The molecule has 1 aliphatic heterocycles. The molecule has 1 atom stereocenters. The van der Waals surface area contributed by atoms with Crippen LogP contribution in [0.3, 0.4) is 0 Å². The van der Waals surface area contributed by atoms with Crippen LogP contribution in [0.2, 0.25) is 0 Å². The summed E-state index contributed by atoms with van der Waals surface area (Å²) in [7, 11) is 0. The van der Waals surface area contributed by atoms with Gasteiger partial charge >= 0.3 is 0 Å². The van der Waals surface area contributed by atoms with Gasteiger partial charge in [-0.1, -0.05) is 78.9 Å². The molecule has 1 unspecified atom stereocenters. The van der Waals surface area contributed by atoms with Gasteiger partial charge in [-0.2, -0.15) is 0 Å². The molecule has 2 aliphatic carbocycles. The van der Waals surface area contributed by atoms with Gasteiger partial charge in [-0.25, -0.2) is 0 Å². The zero-order valence-corrected chi connectivity index (χ0v) is 12.4. The minimum atomic E-state index is 0.447. The van der Waals surface area contributed by atoms with Crippen molar-refractivity contribution in [1.29, 1.82) is 0 Å². The highest BCUT2D eigenvalue weighted by Crippen LogP contribution is 2.38. The Bertz CT molecular complexity index is 710. The molecule has 22 heavy (non-hydrogen) atoms. The first kappa shape index (κ1) is 14.2. The summed E-state index contributed by atoms with van der Waals surface area (Å²) in [5, 5.41) is 2.92. The summed E-state index contributed by atoms with van der Waals surface area (Å²) < 4.78 is 0. The van der Waals surface area contributed by atoms with Crippen LogP contribution in [0.4, 0.5) is 0 Å². The van der Waals surface area contributed by atoms with E-state index < -0.39 is 0 Å². The maximum atomic E-state index is 2.92. The van der Waals surface area contributed by atoms with Gasteiger partial charge in [-0.3, -0.25) is 0 Å². The van der Waals surface area contributed by atoms with E-state index in [1.807, 2.05) is 36.7 Å². The van der Waals surface area contributed by atoms with Crippen LogP contribution in [0.25, 0.3) is 6.08 Å². The summed E-state index contributed by atoms with van der Waals surface area (Å²) in [4.78, 5) is 0. The van der Waals surface area contributed by atoms with Gasteiger partial charge in [0, 0.05) is 18.3 Å². The molecule has 1 aromatic carbocycles. The van der Waals surface area contributed by atoms with E-state index in [9.17, 15) is 0 Å². The molecule has 0 saturated carbocycles. The molecular weight excluding hydrogens is 266 g/mol. The molecule has 0 aromatic heterocycles. The summed E-state index contributed by atoms with van der Waals surface area (Å²) in [6.07, 6.45) is 26.7. The van der Waals surface area contributed by atoms with Crippen LogP contribution in [0.5, 0.6) is 0 Å². The summed E-state index contributed by atoms with van der Waals surface area (Å²) in [6.45, 7) is 0. The molecule has 0 amide bonds. The number of hydrogen-bond donors (Lipinski definition) is 1. The topological polar surface area (TPSA) is 12.0 Å². The number of hydrogen-bond acceptors (Lipinski definition) is 1. The fourth-order valence-electron chi connectivity index (χ4n) is 2.62. The van der Waals surface area contributed by atoms with Crippen LogP contribution in [0.1, 0.15) is 17.0 Å². The third kappa shape index (κ3) is 3.44. The largest absolute Gasteiger partial charge is 0.368 e. The second kappa shape index (κ2) is 7.28. The van der Waals surface area contributed by atoms with E-state index >= 15 is 0 Å². The Morgan fingerprint density at radius 1 is 0.727 bits per heavy atom. The SMILES string of the molecule is C1=CC=CC2C(=Cc3ccccc32)C=C1.C1=CC=CNC=C1. The molecule has 3 aliphatic rings. The molecule has 1 heterocycles. The van der Waals surface area contributed by atoms with Crippen molar-refractivity contribution in [2.24, 2.45) is 0 Å². The van der Waals surface area contributed by atoms with Crippen molar-refractivity contribution in [3.8, 4) is 0 Å². The van der Waals surface area contributed by atoms with Crippen molar-refractivity contribution in [2.75, 3.05) is 0 Å². The molecule has 1 N–H and O–H groups in total. The van der Waals surface area contributed by atoms with Crippen LogP contribution >= 0.6 is 0 Å². The molecule has 108 valence electrons. The van der Waals surface area contributed by atoms with Gasteiger partial charge in [0.05, 0.1) is 0 Å². The average molecular weight is 285 g/mol. The molecule has 1 nitrogen and oxygen atoms in total. The molecule has 0 fully saturated rings. The van der Waals surface area contributed by atoms with Gasteiger partial charge in [0.1, 0.15) is 0 Å². The van der Waals surface area contributed by atoms with Crippen molar-refractivity contribution >= 4 is 6.08 Å². The quantitative estimate of drug-likeness (QED) is 0.705. The van der Waals surface area contributed by atoms with Crippen LogP contribution in [0, 0.1) is 0 Å². The highest BCUT2D eigenvalue weighted by molar-refractivity contribution is 5.70. The molecule has 0 bridgehead atoms. The molecule has 1 heteroatoms. The minimum Gasteiger partial charge on any atom is -0.368 e. The second-order valence-electron chi connectivity index (χ2n) is 5.15. The van der Waals surface area contributed by atoms with Crippen molar-refractivity contribution in [3.05, 3.63) is 114 Å². The lowest BCUT2D eigenvalue weighted by Crippen LogP contribution is -1.93. The van der Waals surface area contributed by atoms with Gasteiger partial charge in [0.25, 0.3) is 0 Å². The number of benzene rings is 1. The van der Waals surface area contributed by atoms with Crippen molar-refractivity contribution < 1.29 is 0 Å². The van der Waals surface area contributed by atoms with E-state index in [1.54, 1.807) is 0 Å². The third-order valence-corrected chi connectivity index (χ3v) is 3.66. The Balaban J connectivity index is 0.000000174. The summed E-state index contributed by atoms with van der Waals surface area (Å²) in [5.41, 5.74) is 4.16. The molecule has 1 aromatic rings. The predicted octanol–water partition coefficient (Wildman–Crippen LogP) is 5.02. The number of rotatable bonds is 0. The van der Waals surface area contributed by atoms with Gasteiger partial charge in [0.2, 0.25) is 0 Å². The lowest BCUT2D eigenvalue weighted by Gasteiger charge is -2.10. The lowest BCUT2D eigenvalue weighted by molar-refractivity contribution is 1.06. The van der Waals surface area contributed by atoms with Crippen molar-refractivity contribution in [1.82, 2.24) is 5.32 Å². The molecule has 4 rings (SSSR count). The van der Waals surface area contributed by atoms with Crippen LogP contribution < -0.4 is 5.32 Å². The Morgan fingerprint density at radius 2 is 1.45 bits per heavy atom. The van der Waals surface area contributed by atoms with E-state index in [0.29, 0.717) is 5.92 Å². The smallest absolute Gasteiger partial charge is 0.0278 e. The van der Waals surface area contributed by atoms with E-state index in [0.717, 1.165) is 0 Å². The highest BCUT2D eigenvalue weighted by atomic mass is 14.8. The predicted molar refractivity (Wildman–Crippen MR) is 95.1 cm³/mol. The van der Waals surface area contributed by atoms with Crippen LogP contribution in [-0.4, -0.2) is 0 Å². The first-order valence-electron chi connectivity index (χ1n) is 7.51. The Morgan fingerprint density at radius 3 is 2.32 bits per heavy atom. The Hall–Kier alpha value is -2.80. The first-order valence-corrected chi connectivity index (χ1v) is 7.51. The second-order valence-corrected chi connectivity index (χ2v) is 5.15. The zero-order chi connectivity index (χ0) is 15.0. The van der Waals surface area contributed by atoms with Gasteiger partial charge in [0.15, 0.2) is 0 Å². The van der Waals surface area contributed by atoms with Crippen LogP contribution in [-0.2, 0) is 0 Å². The fourth-order valence-corrected chi connectivity index (χ4v) is 2.62. The minimum absolute atomic E-state index is 0.447. The summed E-state index contributed by atoms with van der Waals surface area (Å²) >= 11 is 0. The van der Waals surface area contributed by atoms with Crippen LogP contribution in [0.15, 0.2) is 103 Å². The lowest BCUT2D eigenvalue weighted by atomic mass is 9.94. The fraction of sp³-hybridized carbons (Fsp3) is 0.0476. The van der Waals surface area contributed by atoms with Gasteiger partial charge < -0.3 is 5.32 Å². The monoisotopic (exact) mass is 285 g/mol. The molecule has 0 saturated heterocycles. The van der Waals surface area contributed by atoms with E-state index in [2.05, 4.69) is 72.1 Å². The van der Waals surface area contributed by atoms with E-state index in [-0.39, 0.29) is 0 Å².